The molecule has 7 nitrogen and oxygen atoms in total. The Balaban J connectivity index is 1.61. The highest BCUT2D eigenvalue weighted by atomic mass is 35.5. The average Bonchev–Trinajstić information content (AvgIpc) is 2.98. The lowest BCUT2D eigenvalue weighted by molar-refractivity contribution is 0.389. The lowest BCUT2D eigenvalue weighted by Crippen LogP contribution is -2.31. The highest BCUT2D eigenvalue weighted by Gasteiger charge is 2.16. The number of anilines is 1. The van der Waals surface area contributed by atoms with E-state index in [1.807, 2.05) is 0 Å². The second kappa shape index (κ2) is 7.88. The highest BCUT2D eigenvalue weighted by molar-refractivity contribution is 6.36. The molecule has 27 heavy (non-hydrogen) atoms. The Labute approximate surface area is 166 Å². The number of nitrogens with one attached hydrogen (secondary N) is 3. The number of imidazole rings is 1. The van der Waals surface area contributed by atoms with Gasteiger partial charge in [0, 0.05) is 22.2 Å². The number of hydrogen-bond acceptors (Lipinski definition) is 5. The summed E-state index contributed by atoms with van der Waals surface area (Å²) in [5.74, 6) is 1.11. The van der Waals surface area contributed by atoms with E-state index >= 15 is 0 Å². The summed E-state index contributed by atoms with van der Waals surface area (Å²) in [7, 11) is 0. The van der Waals surface area contributed by atoms with Gasteiger partial charge in [-0.15, -0.1) is 0 Å². The lowest BCUT2D eigenvalue weighted by atomic mass is 9.98. The Morgan fingerprint density at radius 3 is 2.70 bits per heavy atom. The SMILES string of the molecule is O=c1[nH]c2cnc(NCC3CCNCC3)nc2n1Cc1c(Cl)cccc1Cl. The fraction of sp³-hybridized carbons (Fsp3) is 0.389. The molecule has 3 heterocycles. The smallest absolute Gasteiger partial charge is 0.328 e. The highest BCUT2D eigenvalue weighted by Crippen LogP contribution is 2.25. The molecule has 142 valence electrons. The Kier molecular flexibility index (Phi) is 5.33. The van der Waals surface area contributed by atoms with E-state index < -0.39 is 0 Å². The van der Waals surface area contributed by atoms with Crippen LogP contribution in [0.15, 0.2) is 29.2 Å². The molecule has 1 aromatic carbocycles. The maximum absolute atomic E-state index is 12.4. The van der Waals surface area contributed by atoms with Crippen LogP contribution in [0.3, 0.4) is 0 Å². The van der Waals surface area contributed by atoms with Crippen LogP contribution < -0.4 is 16.3 Å². The van der Waals surface area contributed by atoms with E-state index in [0.29, 0.717) is 38.6 Å². The molecule has 9 heteroatoms. The van der Waals surface area contributed by atoms with Crippen molar-refractivity contribution in [2.75, 3.05) is 25.0 Å². The van der Waals surface area contributed by atoms with Crippen LogP contribution in [0.4, 0.5) is 5.95 Å². The molecule has 3 N–H and O–H groups in total. The number of fused-ring (bicyclic) bond motifs is 1. The zero-order valence-electron chi connectivity index (χ0n) is 14.6. The van der Waals surface area contributed by atoms with Crippen molar-refractivity contribution in [2.45, 2.75) is 19.4 Å². The summed E-state index contributed by atoms with van der Waals surface area (Å²) in [5.41, 5.74) is 1.52. The topological polar surface area (TPSA) is 87.6 Å². The monoisotopic (exact) mass is 406 g/mol. The first-order valence-corrected chi connectivity index (χ1v) is 9.70. The van der Waals surface area contributed by atoms with Crippen molar-refractivity contribution in [2.24, 2.45) is 5.92 Å². The molecule has 0 radical (unpaired) electrons. The molecular formula is C18H20Cl2N6O. The lowest BCUT2D eigenvalue weighted by Gasteiger charge is -2.22. The largest absolute Gasteiger partial charge is 0.354 e. The molecule has 0 bridgehead atoms. The van der Waals surface area contributed by atoms with E-state index in [2.05, 4.69) is 25.6 Å². The third kappa shape index (κ3) is 3.95. The molecule has 0 atom stereocenters. The number of aromatic amines is 1. The summed E-state index contributed by atoms with van der Waals surface area (Å²) in [5, 5.41) is 7.69. The van der Waals surface area contributed by atoms with Gasteiger partial charge in [-0.25, -0.2) is 9.78 Å². The van der Waals surface area contributed by atoms with Gasteiger partial charge in [-0.05, 0) is 44.0 Å². The number of halogens is 2. The predicted molar refractivity (Wildman–Crippen MR) is 108 cm³/mol. The summed E-state index contributed by atoms with van der Waals surface area (Å²) >= 11 is 12.5. The molecular weight excluding hydrogens is 387 g/mol. The van der Waals surface area contributed by atoms with Crippen LogP contribution in [0.2, 0.25) is 10.0 Å². The maximum atomic E-state index is 12.4. The number of benzene rings is 1. The number of rotatable bonds is 5. The van der Waals surface area contributed by atoms with Crippen LogP contribution >= 0.6 is 23.2 Å². The fourth-order valence-electron chi connectivity index (χ4n) is 3.34. The number of aromatic nitrogens is 4. The second-order valence-electron chi connectivity index (χ2n) is 6.72. The van der Waals surface area contributed by atoms with Gasteiger partial charge < -0.3 is 15.6 Å². The van der Waals surface area contributed by atoms with Crippen LogP contribution in [0.1, 0.15) is 18.4 Å². The number of nitrogens with zero attached hydrogens (tertiary/aromatic N) is 3. The van der Waals surface area contributed by atoms with Crippen molar-refractivity contribution in [1.82, 2.24) is 24.8 Å². The van der Waals surface area contributed by atoms with Crippen molar-refractivity contribution in [3.05, 3.63) is 50.5 Å². The van der Waals surface area contributed by atoms with Gasteiger partial charge in [0.05, 0.1) is 12.7 Å². The van der Waals surface area contributed by atoms with Gasteiger partial charge in [0.25, 0.3) is 0 Å². The van der Waals surface area contributed by atoms with E-state index in [4.69, 9.17) is 23.2 Å². The van der Waals surface area contributed by atoms with E-state index in [0.717, 1.165) is 32.5 Å². The van der Waals surface area contributed by atoms with E-state index in [-0.39, 0.29) is 12.2 Å². The molecule has 2 aromatic heterocycles. The molecule has 1 saturated heterocycles. The molecule has 0 unspecified atom stereocenters. The molecule has 1 fully saturated rings. The van der Waals surface area contributed by atoms with Gasteiger partial charge in [0.1, 0.15) is 5.52 Å². The standard InChI is InChI=1S/C18H20Cl2N6O/c19-13-2-1-3-14(20)12(13)10-26-16-15(24-18(26)27)9-23-17(25-16)22-8-11-4-6-21-7-5-11/h1-3,9,11,21H,4-8,10H2,(H,24,27)(H,22,23,25). The summed E-state index contributed by atoms with van der Waals surface area (Å²) in [6.45, 7) is 3.14. The zero-order valence-corrected chi connectivity index (χ0v) is 16.1. The van der Waals surface area contributed by atoms with Crippen LogP contribution in [0, 0.1) is 5.92 Å². The Bertz CT molecular complexity index is 988. The summed E-state index contributed by atoms with van der Waals surface area (Å²) in [6.07, 6.45) is 3.89. The Morgan fingerprint density at radius 1 is 1.22 bits per heavy atom. The Hall–Kier alpha value is -2.09. The maximum Gasteiger partial charge on any atom is 0.328 e. The van der Waals surface area contributed by atoms with Crippen molar-refractivity contribution in [1.29, 1.82) is 0 Å². The molecule has 0 amide bonds. The zero-order chi connectivity index (χ0) is 18.8. The molecule has 0 aliphatic carbocycles. The normalized spacial score (nSPS) is 15.3. The predicted octanol–water partition coefficient (Wildman–Crippen LogP) is 2.89. The molecule has 4 rings (SSSR count). The summed E-state index contributed by atoms with van der Waals surface area (Å²) in [4.78, 5) is 24.0. The van der Waals surface area contributed by atoms with Gasteiger partial charge >= 0.3 is 5.69 Å². The molecule has 1 aliphatic rings. The van der Waals surface area contributed by atoms with Gasteiger partial charge in [-0.2, -0.15) is 4.98 Å². The van der Waals surface area contributed by atoms with Crippen molar-refractivity contribution < 1.29 is 0 Å². The average molecular weight is 407 g/mol. The van der Waals surface area contributed by atoms with Crippen LogP contribution in [0.5, 0.6) is 0 Å². The quantitative estimate of drug-likeness (QED) is 0.606. The third-order valence-corrected chi connectivity index (χ3v) is 5.60. The number of H-pyrrole nitrogens is 1. The first kappa shape index (κ1) is 18.3. The number of hydrogen-bond donors (Lipinski definition) is 3. The minimum Gasteiger partial charge on any atom is -0.354 e. The Morgan fingerprint density at radius 2 is 1.96 bits per heavy atom. The van der Waals surface area contributed by atoms with E-state index in [9.17, 15) is 4.79 Å². The minimum atomic E-state index is -0.272. The molecule has 1 aliphatic heterocycles. The first-order chi connectivity index (χ1) is 13.1. The summed E-state index contributed by atoms with van der Waals surface area (Å²) < 4.78 is 1.53. The van der Waals surface area contributed by atoms with Gasteiger partial charge in [0.15, 0.2) is 5.65 Å². The van der Waals surface area contributed by atoms with Gasteiger partial charge in [0.2, 0.25) is 5.95 Å². The third-order valence-electron chi connectivity index (χ3n) is 4.90. The van der Waals surface area contributed by atoms with Crippen molar-refractivity contribution >= 4 is 40.3 Å². The van der Waals surface area contributed by atoms with Gasteiger partial charge in [-0.1, -0.05) is 29.3 Å². The molecule has 0 saturated carbocycles. The van der Waals surface area contributed by atoms with E-state index in [1.165, 1.54) is 4.57 Å². The molecule has 0 spiro atoms. The summed E-state index contributed by atoms with van der Waals surface area (Å²) in [6, 6.07) is 5.28. The minimum absolute atomic E-state index is 0.238. The van der Waals surface area contributed by atoms with E-state index in [1.54, 1.807) is 24.4 Å². The van der Waals surface area contributed by atoms with Crippen LogP contribution in [-0.4, -0.2) is 39.2 Å². The van der Waals surface area contributed by atoms with Crippen LogP contribution in [0.25, 0.3) is 11.2 Å². The molecule has 3 aromatic rings. The van der Waals surface area contributed by atoms with Crippen molar-refractivity contribution in [3.8, 4) is 0 Å². The second-order valence-corrected chi connectivity index (χ2v) is 7.54. The van der Waals surface area contributed by atoms with Gasteiger partial charge in [-0.3, -0.25) is 4.57 Å². The van der Waals surface area contributed by atoms with Crippen LogP contribution in [-0.2, 0) is 6.54 Å². The van der Waals surface area contributed by atoms with Crippen molar-refractivity contribution in [3.63, 3.8) is 0 Å². The fourth-order valence-corrected chi connectivity index (χ4v) is 3.86. The number of piperidine rings is 1. The first-order valence-electron chi connectivity index (χ1n) is 8.95.